The first-order valence-electron chi connectivity index (χ1n) is 12.2. The van der Waals surface area contributed by atoms with Crippen LogP contribution in [-0.4, -0.2) is 56.4 Å². The van der Waals surface area contributed by atoms with Gasteiger partial charge >= 0.3 is 0 Å². The number of hydrogen-bond donors (Lipinski definition) is 1. The van der Waals surface area contributed by atoms with Crippen molar-refractivity contribution in [1.82, 2.24) is 29.6 Å². The van der Waals surface area contributed by atoms with Crippen molar-refractivity contribution in [2.24, 2.45) is 5.92 Å². The summed E-state index contributed by atoms with van der Waals surface area (Å²) in [6.07, 6.45) is 9.63. The van der Waals surface area contributed by atoms with E-state index in [0.717, 1.165) is 73.9 Å². The van der Waals surface area contributed by atoms with E-state index in [4.69, 9.17) is 14.8 Å². The number of aromatic nitrogens is 5. The Labute approximate surface area is 206 Å². The normalized spacial score (nSPS) is 17.9. The van der Waals surface area contributed by atoms with Crippen molar-refractivity contribution >= 4 is 11.6 Å². The molecule has 1 aromatic carbocycles. The Morgan fingerprint density at radius 1 is 1.17 bits per heavy atom. The molecule has 1 saturated heterocycles. The van der Waals surface area contributed by atoms with Gasteiger partial charge in [-0.3, -0.25) is 9.67 Å². The SMILES string of the molecule is CN1CCc2cc(Nc3nccc(-c4cn(CC5CCOC5)nc4-c4cccnc4)n3)ccc2C1.[HH]. The van der Waals surface area contributed by atoms with E-state index in [9.17, 15) is 0 Å². The summed E-state index contributed by atoms with van der Waals surface area (Å²) < 4.78 is 7.59. The number of benzene rings is 1. The van der Waals surface area contributed by atoms with Gasteiger partial charge in [0.2, 0.25) is 5.95 Å². The van der Waals surface area contributed by atoms with Crippen molar-refractivity contribution in [3.63, 3.8) is 0 Å². The van der Waals surface area contributed by atoms with E-state index >= 15 is 0 Å². The molecule has 4 aromatic rings. The Hall–Kier alpha value is -3.62. The second-order valence-electron chi connectivity index (χ2n) is 9.45. The number of nitrogens with one attached hydrogen (secondary N) is 1. The molecule has 0 saturated carbocycles. The van der Waals surface area contributed by atoms with Gasteiger partial charge in [-0.25, -0.2) is 9.97 Å². The molecule has 1 N–H and O–H groups in total. The van der Waals surface area contributed by atoms with Crippen LogP contribution in [0.2, 0.25) is 0 Å². The third-order valence-electron chi connectivity index (χ3n) is 6.76. The van der Waals surface area contributed by atoms with Crippen LogP contribution in [0.25, 0.3) is 22.5 Å². The Bertz CT molecular complexity index is 1320. The van der Waals surface area contributed by atoms with Crippen LogP contribution in [0.5, 0.6) is 0 Å². The van der Waals surface area contributed by atoms with Gasteiger partial charge in [0.25, 0.3) is 0 Å². The lowest BCUT2D eigenvalue weighted by Gasteiger charge is -2.25. The summed E-state index contributed by atoms with van der Waals surface area (Å²) in [6.45, 7) is 4.52. The highest BCUT2D eigenvalue weighted by atomic mass is 16.5. The van der Waals surface area contributed by atoms with E-state index < -0.39 is 0 Å². The monoisotopic (exact) mass is 469 g/mol. The molecule has 0 aliphatic carbocycles. The van der Waals surface area contributed by atoms with E-state index in [-0.39, 0.29) is 1.43 Å². The Morgan fingerprint density at radius 3 is 3.00 bits per heavy atom. The number of likely N-dealkylation sites (N-methyl/N-ethyl adjacent to an activating group) is 1. The zero-order valence-corrected chi connectivity index (χ0v) is 19.9. The number of nitrogens with zero attached hydrogens (tertiary/aromatic N) is 6. The van der Waals surface area contributed by atoms with Crippen LogP contribution < -0.4 is 5.32 Å². The molecule has 3 aromatic heterocycles. The van der Waals surface area contributed by atoms with Gasteiger partial charge in [0.05, 0.1) is 12.3 Å². The summed E-state index contributed by atoms with van der Waals surface area (Å²) in [5.41, 5.74) is 7.43. The van der Waals surface area contributed by atoms with Crippen molar-refractivity contribution in [2.45, 2.75) is 25.9 Å². The average Bonchev–Trinajstić information content (AvgIpc) is 3.55. The van der Waals surface area contributed by atoms with Crippen LogP contribution in [0.15, 0.2) is 61.2 Å². The summed E-state index contributed by atoms with van der Waals surface area (Å²) in [6, 6.07) is 12.4. The van der Waals surface area contributed by atoms with Crippen molar-refractivity contribution in [1.29, 1.82) is 0 Å². The second kappa shape index (κ2) is 9.56. The van der Waals surface area contributed by atoms with Crippen LogP contribution >= 0.6 is 0 Å². The number of hydrogen-bond acceptors (Lipinski definition) is 7. The molecule has 180 valence electrons. The fourth-order valence-electron chi connectivity index (χ4n) is 4.88. The molecule has 8 nitrogen and oxygen atoms in total. The Morgan fingerprint density at radius 2 is 2.14 bits per heavy atom. The smallest absolute Gasteiger partial charge is 0.227 e. The zero-order valence-electron chi connectivity index (χ0n) is 19.9. The average molecular weight is 470 g/mol. The van der Waals surface area contributed by atoms with Crippen LogP contribution in [0.4, 0.5) is 11.6 Å². The second-order valence-corrected chi connectivity index (χ2v) is 9.45. The maximum Gasteiger partial charge on any atom is 0.227 e. The molecular weight excluding hydrogens is 438 g/mol. The summed E-state index contributed by atoms with van der Waals surface area (Å²) >= 11 is 0. The van der Waals surface area contributed by atoms with Gasteiger partial charge in [-0.1, -0.05) is 6.07 Å². The molecule has 0 spiro atoms. The largest absolute Gasteiger partial charge is 0.381 e. The van der Waals surface area contributed by atoms with Crippen LogP contribution in [-0.2, 0) is 24.2 Å². The van der Waals surface area contributed by atoms with Crippen molar-refractivity contribution in [3.8, 4) is 22.5 Å². The summed E-state index contributed by atoms with van der Waals surface area (Å²) in [5.74, 6) is 1.06. The highest BCUT2D eigenvalue weighted by molar-refractivity contribution is 5.78. The number of pyridine rings is 1. The Kier molecular flexibility index (Phi) is 5.98. The quantitative estimate of drug-likeness (QED) is 0.448. The molecule has 1 atom stereocenters. The summed E-state index contributed by atoms with van der Waals surface area (Å²) in [7, 11) is 2.16. The van der Waals surface area contributed by atoms with Gasteiger partial charge < -0.3 is 15.0 Å². The lowest BCUT2D eigenvalue weighted by Crippen LogP contribution is -2.26. The molecule has 0 radical (unpaired) electrons. The standard InChI is InChI=1S/C27H29N7O.H2/c1-33-11-7-20-13-23(5-4-22(20)16-33)30-27-29-10-6-25(31-27)24-17-34(15-19-8-12-35-18-19)32-26(24)21-3-2-9-28-14-21;/h2-6,9-10,13-14,17,19H,7-8,11-12,15-16,18H2,1H3,(H,29,30,31);1H. The summed E-state index contributed by atoms with van der Waals surface area (Å²) in [4.78, 5) is 16.0. The fraction of sp³-hybridized carbons (Fsp3) is 0.333. The van der Waals surface area contributed by atoms with Crippen molar-refractivity contribution < 1.29 is 6.16 Å². The van der Waals surface area contributed by atoms with Crippen molar-refractivity contribution in [2.75, 3.05) is 32.1 Å². The number of anilines is 2. The van der Waals surface area contributed by atoms with Gasteiger partial charge in [0.1, 0.15) is 5.69 Å². The van der Waals surface area contributed by atoms with Crippen molar-refractivity contribution in [3.05, 3.63) is 72.3 Å². The molecule has 0 bridgehead atoms. The lowest BCUT2D eigenvalue weighted by atomic mass is 9.99. The van der Waals surface area contributed by atoms with Crippen LogP contribution in [0.1, 0.15) is 19.0 Å². The predicted molar refractivity (Wildman–Crippen MR) is 137 cm³/mol. The van der Waals surface area contributed by atoms with E-state index in [0.29, 0.717) is 11.9 Å². The first kappa shape index (κ1) is 21.9. The van der Waals surface area contributed by atoms with Gasteiger partial charge in [-0.05, 0) is 61.3 Å². The molecule has 5 heterocycles. The third kappa shape index (κ3) is 4.80. The fourth-order valence-corrected chi connectivity index (χ4v) is 4.88. The van der Waals surface area contributed by atoms with Gasteiger partial charge in [0.15, 0.2) is 0 Å². The molecule has 2 aliphatic rings. The minimum atomic E-state index is 0. The maximum absolute atomic E-state index is 5.57. The zero-order chi connectivity index (χ0) is 23.6. The van der Waals surface area contributed by atoms with Crippen LogP contribution in [0.3, 0.4) is 0 Å². The Balaban J connectivity index is 0.00000267. The molecule has 35 heavy (non-hydrogen) atoms. The number of rotatable bonds is 6. The van der Waals surface area contributed by atoms with Gasteiger partial charge in [-0.15, -0.1) is 0 Å². The minimum absolute atomic E-state index is 0. The third-order valence-corrected chi connectivity index (χ3v) is 6.76. The van der Waals surface area contributed by atoms with E-state index in [2.05, 4.69) is 51.6 Å². The predicted octanol–water partition coefficient (Wildman–Crippen LogP) is 4.42. The van der Waals surface area contributed by atoms with E-state index in [1.54, 1.807) is 12.4 Å². The number of ether oxygens (including phenoxy) is 1. The maximum atomic E-state index is 5.57. The number of fused-ring (bicyclic) bond motifs is 1. The molecular formula is C27H31N7O. The first-order chi connectivity index (χ1) is 17.2. The molecule has 0 amide bonds. The molecule has 6 rings (SSSR count). The first-order valence-corrected chi connectivity index (χ1v) is 12.2. The van der Waals surface area contributed by atoms with Gasteiger partial charge in [-0.2, -0.15) is 5.10 Å². The van der Waals surface area contributed by atoms with Gasteiger partial charge in [0, 0.05) is 75.2 Å². The highest BCUT2D eigenvalue weighted by Gasteiger charge is 2.20. The molecule has 1 fully saturated rings. The summed E-state index contributed by atoms with van der Waals surface area (Å²) in [5, 5.41) is 8.33. The van der Waals surface area contributed by atoms with Crippen LogP contribution in [0, 0.1) is 5.92 Å². The molecule has 2 aliphatic heterocycles. The molecule has 1 unspecified atom stereocenters. The topological polar surface area (TPSA) is 81.0 Å². The van der Waals surface area contributed by atoms with E-state index in [1.165, 1.54) is 11.1 Å². The van der Waals surface area contributed by atoms with E-state index in [1.807, 2.05) is 29.1 Å². The lowest BCUT2D eigenvalue weighted by molar-refractivity contribution is 0.181. The molecule has 8 heteroatoms. The minimum Gasteiger partial charge on any atom is -0.381 e. The highest BCUT2D eigenvalue weighted by Crippen LogP contribution is 2.31.